The Bertz CT molecular complexity index is 779. The fraction of sp³-hybridized carbons (Fsp3) is 0.0769. The SMILES string of the molecule is c1coc(-c2nnc(SCc3nc(-c4cccs4)no3)o2)c1. The smallest absolute Gasteiger partial charge is 0.284 e. The van der Waals surface area contributed by atoms with Crippen LogP contribution in [0.5, 0.6) is 0 Å². The Morgan fingerprint density at radius 1 is 1.18 bits per heavy atom. The van der Waals surface area contributed by atoms with E-state index in [-0.39, 0.29) is 0 Å². The molecule has 4 aromatic heterocycles. The molecular formula is C13H8N4O3S2. The van der Waals surface area contributed by atoms with E-state index in [0.717, 1.165) is 4.88 Å². The molecule has 0 spiro atoms. The fourth-order valence-corrected chi connectivity index (χ4v) is 2.96. The fourth-order valence-electron chi connectivity index (χ4n) is 1.71. The van der Waals surface area contributed by atoms with Crippen LogP contribution in [0.25, 0.3) is 22.4 Å². The molecule has 0 amide bonds. The summed E-state index contributed by atoms with van der Waals surface area (Å²) < 4.78 is 15.9. The van der Waals surface area contributed by atoms with Crippen LogP contribution in [-0.2, 0) is 5.75 Å². The third kappa shape index (κ3) is 2.68. The highest BCUT2D eigenvalue weighted by Crippen LogP contribution is 2.27. The first-order valence-corrected chi connectivity index (χ1v) is 8.11. The molecule has 0 aliphatic heterocycles. The van der Waals surface area contributed by atoms with Crippen molar-refractivity contribution in [3.05, 3.63) is 41.8 Å². The van der Waals surface area contributed by atoms with Gasteiger partial charge in [-0.15, -0.1) is 21.5 Å². The van der Waals surface area contributed by atoms with E-state index in [2.05, 4.69) is 20.3 Å². The number of rotatable bonds is 5. The highest BCUT2D eigenvalue weighted by Gasteiger charge is 2.14. The first kappa shape index (κ1) is 13.3. The van der Waals surface area contributed by atoms with E-state index in [1.807, 2.05) is 17.5 Å². The molecule has 22 heavy (non-hydrogen) atoms. The second kappa shape index (κ2) is 5.78. The minimum Gasteiger partial charge on any atom is -0.459 e. The molecule has 9 heteroatoms. The molecule has 0 aliphatic rings. The molecule has 4 heterocycles. The van der Waals surface area contributed by atoms with Gasteiger partial charge in [0.15, 0.2) is 5.76 Å². The van der Waals surface area contributed by atoms with Gasteiger partial charge in [-0.05, 0) is 23.6 Å². The summed E-state index contributed by atoms with van der Waals surface area (Å²) in [7, 11) is 0. The molecule has 0 radical (unpaired) electrons. The van der Waals surface area contributed by atoms with Crippen LogP contribution in [0.4, 0.5) is 0 Å². The predicted molar refractivity (Wildman–Crippen MR) is 79.2 cm³/mol. The molecule has 0 bridgehead atoms. The Hall–Kier alpha value is -2.39. The lowest BCUT2D eigenvalue weighted by atomic mass is 10.4. The van der Waals surface area contributed by atoms with E-state index in [9.17, 15) is 0 Å². The van der Waals surface area contributed by atoms with Crippen LogP contribution in [0.15, 0.2) is 54.5 Å². The van der Waals surface area contributed by atoms with Crippen LogP contribution >= 0.6 is 23.1 Å². The quantitative estimate of drug-likeness (QED) is 0.510. The zero-order chi connectivity index (χ0) is 14.8. The monoisotopic (exact) mass is 332 g/mol. The summed E-state index contributed by atoms with van der Waals surface area (Å²) in [6.07, 6.45) is 1.55. The highest BCUT2D eigenvalue weighted by molar-refractivity contribution is 7.98. The second-order valence-electron chi connectivity index (χ2n) is 4.13. The lowest BCUT2D eigenvalue weighted by Gasteiger charge is -1.89. The molecule has 7 nitrogen and oxygen atoms in total. The number of thioether (sulfide) groups is 1. The largest absolute Gasteiger partial charge is 0.459 e. The Morgan fingerprint density at radius 3 is 3.00 bits per heavy atom. The molecule has 0 aromatic carbocycles. The topological polar surface area (TPSA) is 91.0 Å². The zero-order valence-electron chi connectivity index (χ0n) is 11.0. The van der Waals surface area contributed by atoms with E-state index in [0.29, 0.717) is 34.3 Å². The van der Waals surface area contributed by atoms with E-state index < -0.39 is 0 Å². The van der Waals surface area contributed by atoms with Gasteiger partial charge in [-0.1, -0.05) is 23.0 Å². The number of hydrogen-bond donors (Lipinski definition) is 0. The van der Waals surface area contributed by atoms with Gasteiger partial charge in [0.2, 0.25) is 11.7 Å². The number of nitrogens with zero attached hydrogens (tertiary/aromatic N) is 4. The van der Waals surface area contributed by atoms with Crippen LogP contribution in [0.2, 0.25) is 0 Å². The molecule has 0 saturated carbocycles. The zero-order valence-corrected chi connectivity index (χ0v) is 12.6. The van der Waals surface area contributed by atoms with Crippen molar-refractivity contribution >= 4 is 23.1 Å². The van der Waals surface area contributed by atoms with Crippen molar-refractivity contribution in [3.8, 4) is 22.4 Å². The van der Waals surface area contributed by atoms with Crippen LogP contribution < -0.4 is 0 Å². The average Bonchev–Trinajstić information content (AvgIpc) is 3.33. The molecule has 0 saturated heterocycles. The molecule has 0 unspecified atom stereocenters. The first-order valence-electron chi connectivity index (χ1n) is 6.25. The Labute approximate surface area is 132 Å². The summed E-state index contributed by atoms with van der Waals surface area (Å²) in [5, 5.41) is 14.2. The summed E-state index contributed by atoms with van der Waals surface area (Å²) in [6, 6.07) is 7.41. The molecule has 4 aromatic rings. The maximum absolute atomic E-state index is 5.49. The van der Waals surface area contributed by atoms with Crippen molar-refractivity contribution < 1.29 is 13.4 Å². The van der Waals surface area contributed by atoms with Crippen LogP contribution in [0, 0.1) is 0 Å². The van der Waals surface area contributed by atoms with Gasteiger partial charge in [-0.25, -0.2) is 0 Å². The Kier molecular flexibility index (Phi) is 3.49. The molecule has 0 atom stereocenters. The van der Waals surface area contributed by atoms with Gasteiger partial charge in [0.1, 0.15) is 0 Å². The number of furan rings is 1. The van der Waals surface area contributed by atoms with Gasteiger partial charge in [0, 0.05) is 0 Å². The van der Waals surface area contributed by atoms with Gasteiger partial charge in [0.05, 0.1) is 16.9 Å². The van der Waals surface area contributed by atoms with E-state index in [1.54, 1.807) is 29.7 Å². The summed E-state index contributed by atoms with van der Waals surface area (Å²) in [5.41, 5.74) is 0. The summed E-state index contributed by atoms with van der Waals surface area (Å²) in [6.45, 7) is 0. The van der Waals surface area contributed by atoms with Crippen molar-refractivity contribution in [1.29, 1.82) is 0 Å². The van der Waals surface area contributed by atoms with Crippen LogP contribution in [-0.4, -0.2) is 20.3 Å². The minimum absolute atomic E-state index is 0.345. The normalized spacial score (nSPS) is 11.1. The van der Waals surface area contributed by atoms with E-state index >= 15 is 0 Å². The molecule has 0 aliphatic carbocycles. The third-order valence-corrected chi connectivity index (χ3v) is 4.34. The average molecular weight is 332 g/mol. The standard InChI is InChI=1S/C13H8N4O3S2/c1-3-8(18-5-1)12-15-16-13(19-12)22-7-10-14-11(17-20-10)9-4-2-6-21-9/h1-6H,7H2. The van der Waals surface area contributed by atoms with E-state index in [4.69, 9.17) is 13.4 Å². The molecule has 0 fully saturated rings. The first-order chi connectivity index (χ1) is 10.9. The maximum atomic E-state index is 5.49. The summed E-state index contributed by atoms with van der Waals surface area (Å²) in [5.74, 6) is 2.44. The number of hydrogen-bond acceptors (Lipinski definition) is 9. The Morgan fingerprint density at radius 2 is 2.18 bits per heavy atom. The molecule has 0 N–H and O–H groups in total. The Balaban J connectivity index is 1.43. The lowest BCUT2D eigenvalue weighted by Crippen LogP contribution is -1.81. The van der Waals surface area contributed by atoms with E-state index in [1.165, 1.54) is 11.8 Å². The predicted octanol–water partition coefficient (Wildman–Crippen LogP) is 3.73. The van der Waals surface area contributed by atoms with Crippen molar-refractivity contribution in [2.24, 2.45) is 0 Å². The number of thiophene rings is 1. The molecular weight excluding hydrogens is 324 g/mol. The van der Waals surface area contributed by atoms with Gasteiger partial charge in [-0.2, -0.15) is 4.98 Å². The van der Waals surface area contributed by atoms with Gasteiger partial charge in [0.25, 0.3) is 11.1 Å². The van der Waals surface area contributed by atoms with Gasteiger partial charge < -0.3 is 13.4 Å². The van der Waals surface area contributed by atoms with Crippen LogP contribution in [0.1, 0.15) is 5.89 Å². The van der Waals surface area contributed by atoms with Crippen LogP contribution in [0.3, 0.4) is 0 Å². The molecule has 110 valence electrons. The van der Waals surface area contributed by atoms with Gasteiger partial charge >= 0.3 is 0 Å². The second-order valence-corrected chi connectivity index (χ2v) is 6.00. The highest BCUT2D eigenvalue weighted by atomic mass is 32.2. The minimum atomic E-state index is 0.345. The summed E-state index contributed by atoms with van der Waals surface area (Å²) >= 11 is 2.89. The van der Waals surface area contributed by atoms with Gasteiger partial charge in [-0.3, -0.25) is 0 Å². The third-order valence-electron chi connectivity index (χ3n) is 2.67. The van der Waals surface area contributed by atoms with Crippen molar-refractivity contribution in [1.82, 2.24) is 20.3 Å². The van der Waals surface area contributed by atoms with Crippen molar-refractivity contribution in [2.75, 3.05) is 0 Å². The maximum Gasteiger partial charge on any atom is 0.284 e. The van der Waals surface area contributed by atoms with Crippen molar-refractivity contribution in [2.45, 2.75) is 11.0 Å². The molecule has 4 rings (SSSR count). The summed E-state index contributed by atoms with van der Waals surface area (Å²) in [4.78, 5) is 5.30. The number of aromatic nitrogens is 4. The van der Waals surface area contributed by atoms with Crippen molar-refractivity contribution in [3.63, 3.8) is 0 Å². The lowest BCUT2D eigenvalue weighted by molar-refractivity contribution is 0.391.